The summed E-state index contributed by atoms with van der Waals surface area (Å²) in [5.74, 6) is -0.0413. The zero-order valence-electron chi connectivity index (χ0n) is 17.8. The largest absolute Gasteiger partial charge is 0.482 e. The lowest BCUT2D eigenvalue weighted by Gasteiger charge is -2.21. The summed E-state index contributed by atoms with van der Waals surface area (Å²) in [6.45, 7) is 0.226. The van der Waals surface area contributed by atoms with E-state index in [0.717, 1.165) is 31.2 Å². The first-order valence-electron chi connectivity index (χ1n) is 11.1. The number of carbonyl (C=O) groups excluding carboxylic acids is 3. The molecule has 3 aliphatic heterocycles. The summed E-state index contributed by atoms with van der Waals surface area (Å²) in [5.41, 5.74) is 2.93. The maximum atomic E-state index is 13.2. The molecule has 3 N–H and O–H groups in total. The van der Waals surface area contributed by atoms with Gasteiger partial charge in [-0.25, -0.2) is 9.97 Å². The number of hydrogen-bond acceptors (Lipinski definition) is 6. The normalized spacial score (nSPS) is 21.0. The number of nitrogens with one attached hydrogen (secondary N) is 3. The molecule has 0 aliphatic carbocycles. The van der Waals surface area contributed by atoms with Crippen LogP contribution in [0.1, 0.15) is 52.1 Å². The van der Waals surface area contributed by atoms with Gasteiger partial charge in [0, 0.05) is 24.8 Å². The van der Waals surface area contributed by atoms with Crippen molar-refractivity contribution in [2.75, 3.05) is 11.9 Å². The molecule has 3 aliphatic rings. The van der Waals surface area contributed by atoms with Crippen molar-refractivity contribution in [1.29, 1.82) is 0 Å². The van der Waals surface area contributed by atoms with E-state index in [0.29, 0.717) is 40.1 Å². The molecule has 3 amide bonds. The summed E-state index contributed by atoms with van der Waals surface area (Å²) in [6, 6.07) is 5.96. The second-order valence-corrected chi connectivity index (χ2v) is 8.67. The smallest absolute Gasteiger partial charge is 0.272 e. The molecule has 2 saturated heterocycles. The molecule has 5 heterocycles. The predicted molar refractivity (Wildman–Crippen MR) is 118 cm³/mol. The fraction of sp³-hybridized carbons (Fsp3) is 0.348. The number of nitrogens with zero attached hydrogens (tertiary/aromatic N) is 3. The summed E-state index contributed by atoms with van der Waals surface area (Å²) in [4.78, 5) is 51.1. The van der Waals surface area contributed by atoms with E-state index >= 15 is 0 Å². The maximum Gasteiger partial charge on any atom is 0.272 e. The van der Waals surface area contributed by atoms with Gasteiger partial charge in [0.15, 0.2) is 12.3 Å². The highest BCUT2D eigenvalue weighted by Gasteiger charge is 2.43. The van der Waals surface area contributed by atoms with Gasteiger partial charge in [0.1, 0.15) is 17.6 Å². The molecule has 0 radical (unpaired) electrons. The molecule has 33 heavy (non-hydrogen) atoms. The van der Waals surface area contributed by atoms with Gasteiger partial charge in [0.25, 0.3) is 17.7 Å². The van der Waals surface area contributed by atoms with Crippen LogP contribution < -0.4 is 15.4 Å². The van der Waals surface area contributed by atoms with Crippen LogP contribution in [0.3, 0.4) is 0 Å². The minimum absolute atomic E-state index is 0.00744. The molecule has 168 valence electrons. The summed E-state index contributed by atoms with van der Waals surface area (Å²) >= 11 is 0. The number of H-pyrrole nitrogens is 1. The van der Waals surface area contributed by atoms with E-state index in [-0.39, 0.29) is 36.6 Å². The minimum Gasteiger partial charge on any atom is -0.482 e. The van der Waals surface area contributed by atoms with Crippen LogP contribution in [0.5, 0.6) is 5.75 Å². The third kappa shape index (κ3) is 3.29. The standard InChI is InChI=1S/C23H22N6O4/c30-18-10-33-17-6-1-12(7-16(17)28-18)8-25-22(31)21-20-19(26-11-27-21)15(9-24-20)23(32)29-13-2-3-14(29)5-4-13/h1,6-7,9,11,13-14,24H,2-5,8,10H2,(H,25,31)(H,28,30). The highest BCUT2D eigenvalue weighted by atomic mass is 16.5. The number of fused-ring (bicyclic) bond motifs is 4. The van der Waals surface area contributed by atoms with Crippen LogP contribution in [0.15, 0.2) is 30.7 Å². The number of ether oxygens (including phenoxy) is 1. The highest BCUT2D eigenvalue weighted by Crippen LogP contribution is 2.39. The molecule has 0 unspecified atom stereocenters. The van der Waals surface area contributed by atoms with E-state index in [1.54, 1.807) is 18.3 Å². The maximum absolute atomic E-state index is 13.2. The van der Waals surface area contributed by atoms with Gasteiger partial charge < -0.3 is 25.3 Å². The molecular weight excluding hydrogens is 424 g/mol. The second-order valence-electron chi connectivity index (χ2n) is 8.67. The van der Waals surface area contributed by atoms with Gasteiger partial charge in [-0.3, -0.25) is 14.4 Å². The lowest BCUT2D eigenvalue weighted by Crippen LogP contribution is -2.35. The molecule has 0 saturated carbocycles. The summed E-state index contributed by atoms with van der Waals surface area (Å²) in [6.07, 6.45) is 7.16. The van der Waals surface area contributed by atoms with Gasteiger partial charge in [0.2, 0.25) is 0 Å². The Morgan fingerprint density at radius 3 is 2.73 bits per heavy atom. The number of aromatic nitrogens is 3. The second kappa shape index (κ2) is 7.58. The monoisotopic (exact) mass is 446 g/mol. The number of hydrogen-bond donors (Lipinski definition) is 3. The first-order valence-corrected chi connectivity index (χ1v) is 11.1. The average Bonchev–Trinajstić information content (AvgIpc) is 3.56. The topological polar surface area (TPSA) is 129 Å². The van der Waals surface area contributed by atoms with Gasteiger partial charge >= 0.3 is 0 Å². The van der Waals surface area contributed by atoms with Crippen LogP contribution in [0.4, 0.5) is 5.69 Å². The minimum atomic E-state index is -0.387. The van der Waals surface area contributed by atoms with E-state index in [1.807, 2.05) is 11.0 Å². The van der Waals surface area contributed by atoms with Crippen molar-refractivity contribution in [2.24, 2.45) is 0 Å². The molecule has 0 spiro atoms. The molecule has 2 aromatic heterocycles. The lowest BCUT2D eigenvalue weighted by molar-refractivity contribution is -0.118. The number of benzene rings is 1. The van der Waals surface area contributed by atoms with E-state index in [4.69, 9.17) is 4.74 Å². The Balaban J connectivity index is 1.21. The van der Waals surface area contributed by atoms with Gasteiger partial charge in [-0.15, -0.1) is 0 Å². The molecule has 0 atom stereocenters. The van der Waals surface area contributed by atoms with Gasteiger partial charge in [0.05, 0.1) is 16.8 Å². The summed E-state index contributed by atoms with van der Waals surface area (Å²) < 4.78 is 5.36. The molecule has 2 bridgehead atoms. The van der Waals surface area contributed by atoms with Gasteiger partial charge in [-0.1, -0.05) is 6.07 Å². The van der Waals surface area contributed by atoms with Crippen LogP contribution in [-0.4, -0.2) is 56.3 Å². The van der Waals surface area contributed by atoms with Crippen molar-refractivity contribution in [3.63, 3.8) is 0 Å². The Hall–Kier alpha value is -3.95. The van der Waals surface area contributed by atoms with Crippen molar-refractivity contribution in [3.05, 3.63) is 47.5 Å². The first kappa shape index (κ1) is 19.7. The molecule has 3 aromatic rings. The van der Waals surface area contributed by atoms with Crippen LogP contribution in [-0.2, 0) is 11.3 Å². The Labute approximate surface area is 188 Å². The molecule has 10 nitrogen and oxygen atoms in total. The number of amides is 3. The average molecular weight is 446 g/mol. The van der Waals surface area contributed by atoms with Crippen LogP contribution in [0, 0.1) is 0 Å². The SMILES string of the molecule is O=C1COc2ccc(CNC(=O)c3ncnc4c(C(=O)N5C6CCC5CC6)c[nH]c34)cc2N1. The lowest BCUT2D eigenvalue weighted by atomic mass is 10.0. The van der Waals surface area contributed by atoms with E-state index in [2.05, 4.69) is 25.6 Å². The van der Waals surface area contributed by atoms with Crippen LogP contribution in [0.2, 0.25) is 0 Å². The summed E-state index contributed by atoms with van der Waals surface area (Å²) in [7, 11) is 0. The van der Waals surface area contributed by atoms with E-state index in [9.17, 15) is 14.4 Å². The van der Waals surface area contributed by atoms with E-state index in [1.165, 1.54) is 6.33 Å². The molecule has 6 rings (SSSR count). The Kier molecular flexibility index (Phi) is 4.53. The molecule has 2 fully saturated rings. The molecule has 10 heteroatoms. The first-order chi connectivity index (χ1) is 16.1. The number of aromatic amines is 1. The van der Waals surface area contributed by atoms with Crippen molar-refractivity contribution in [2.45, 2.75) is 44.3 Å². The van der Waals surface area contributed by atoms with Crippen molar-refractivity contribution < 1.29 is 19.1 Å². The van der Waals surface area contributed by atoms with E-state index < -0.39 is 0 Å². The van der Waals surface area contributed by atoms with Gasteiger partial charge in [-0.05, 0) is 43.4 Å². The summed E-state index contributed by atoms with van der Waals surface area (Å²) in [5, 5.41) is 5.60. The molecular formula is C23H22N6O4. The Morgan fingerprint density at radius 1 is 1.15 bits per heavy atom. The zero-order valence-corrected chi connectivity index (χ0v) is 17.8. The fourth-order valence-corrected chi connectivity index (χ4v) is 5.16. The predicted octanol–water partition coefficient (Wildman–Crippen LogP) is 1.99. The van der Waals surface area contributed by atoms with Crippen molar-refractivity contribution in [3.8, 4) is 5.75 Å². The highest BCUT2D eigenvalue weighted by molar-refractivity contribution is 6.10. The number of anilines is 1. The fourth-order valence-electron chi connectivity index (χ4n) is 5.16. The Bertz CT molecular complexity index is 1280. The van der Waals surface area contributed by atoms with Gasteiger partial charge in [-0.2, -0.15) is 0 Å². The number of rotatable bonds is 4. The third-order valence-electron chi connectivity index (χ3n) is 6.73. The third-order valence-corrected chi connectivity index (χ3v) is 6.73. The zero-order chi connectivity index (χ0) is 22.5. The number of carbonyl (C=O) groups is 3. The van der Waals surface area contributed by atoms with Crippen LogP contribution in [0.25, 0.3) is 11.0 Å². The molecule has 1 aromatic carbocycles. The van der Waals surface area contributed by atoms with Crippen molar-refractivity contribution >= 4 is 34.4 Å². The van der Waals surface area contributed by atoms with Crippen LogP contribution >= 0.6 is 0 Å². The Morgan fingerprint density at radius 2 is 1.94 bits per heavy atom. The van der Waals surface area contributed by atoms with Crippen molar-refractivity contribution in [1.82, 2.24) is 25.2 Å². The quantitative estimate of drug-likeness (QED) is 0.562.